The highest BCUT2D eigenvalue weighted by Gasteiger charge is 2.64. The molecule has 0 bridgehead atoms. The molecule has 0 aliphatic heterocycles. The summed E-state index contributed by atoms with van der Waals surface area (Å²) in [6.07, 6.45) is 17.9. The number of hydrogen-bond acceptors (Lipinski definition) is 4. The molecule has 5 aliphatic rings. The van der Waals surface area contributed by atoms with Gasteiger partial charge >= 0.3 is 5.97 Å². The quantitative estimate of drug-likeness (QED) is 0.283. The first-order chi connectivity index (χ1) is 20.0. The van der Waals surface area contributed by atoms with E-state index in [0.717, 1.165) is 37.0 Å². The van der Waals surface area contributed by atoms with Gasteiger partial charge in [-0.25, -0.2) is 4.79 Å². The molecule has 42 heavy (non-hydrogen) atoms. The number of esters is 1. The number of carbonyl (C=O) groups is 2. The van der Waals surface area contributed by atoms with Gasteiger partial charge in [-0.3, -0.25) is 4.79 Å². The number of aliphatic hydroxyl groups excluding tert-OH is 1. The summed E-state index contributed by atoms with van der Waals surface area (Å²) in [5.41, 5.74) is 1.82. The Morgan fingerprint density at radius 1 is 0.976 bits per heavy atom. The van der Waals surface area contributed by atoms with Crippen LogP contribution in [0.4, 0.5) is 5.69 Å². The van der Waals surface area contributed by atoms with Crippen molar-refractivity contribution in [3.8, 4) is 12.3 Å². The summed E-state index contributed by atoms with van der Waals surface area (Å²) in [7, 11) is 0. The number of rotatable bonds is 4. The van der Waals surface area contributed by atoms with Gasteiger partial charge in [-0.05, 0) is 130 Å². The Morgan fingerprint density at radius 3 is 2.38 bits per heavy atom. The predicted molar refractivity (Wildman–Crippen MR) is 168 cm³/mol. The van der Waals surface area contributed by atoms with Crippen molar-refractivity contribution in [2.75, 3.05) is 11.9 Å². The van der Waals surface area contributed by atoms with E-state index in [0.29, 0.717) is 46.4 Å². The van der Waals surface area contributed by atoms with E-state index in [-0.39, 0.29) is 23.4 Å². The van der Waals surface area contributed by atoms with Crippen molar-refractivity contribution in [2.24, 2.45) is 51.8 Å². The third-order valence-electron chi connectivity index (χ3n) is 13.2. The van der Waals surface area contributed by atoms with Gasteiger partial charge in [0.05, 0.1) is 24.0 Å². The molecule has 5 heteroatoms. The van der Waals surface area contributed by atoms with Crippen LogP contribution >= 0.6 is 0 Å². The Morgan fingerprint density at radius 2 is 1.64 bits per heavy atom. The minimum atomic E-state index is -0.322. The lowest BCUT2D eigenvalue weighted by Gasteiger charge is -2.67. The molecule has 230 valence electrons. The smallest absolute Gasteiger partial charge is 0.340 e. The zero-order valence-electron chi connectivity index (χ0n) is 26.6. The van der Waals surface area contributed by atoms with Crippen LogP contribution in [-0.4, -0.2) is 29.7 Å². The largest absolute Gasteiger partial charge is 0.461 e. The van der Waals surface area contributed by atoms with Crippen LogP contribution in [0, 0.1) is 64.1 Å². The molecule has 10 atom stereocenters. The van der Waals surface area contributed by atoms with Crippen LogP contribution in [0.5, 0.6) is 0 Å². The third kappa shape index (κ3) is 5.21. The van der Waals surface area contributed by atoms with Crippen LogP contribution in [-0.2, 0) is 9.53 Å². The monoisotopic (exact) mass is 575 g/mol. The second-order valence-electron chi connectivity index (χ2n) is 15.0. The van der Waals surface area contributed by atoms with E-state index in [1.165, 1.54) is 58.3 Å². The topological polar surface area (TPSA) is 75.6 Å². The number of anilines is 1. The van der Waals surface area contributed by atoms with Crippen LogP contribution in [0.1, 0.15) is 116 Å². The number of amides is 1. The van der Waals surface area contributed by atoms with Crippen LogP contribution < -0.4 is 5.32 Å². The molecule has 5 nitrogen and oxygen atoms in total. The Labute approximate surface area is 254 Å². The number of carbonyl (C=O) groups excluding carboxylic acids is 2. The van der Waals surface area contributed by atoms with Crippen molar-refractivity contribution in [1.29, 1.82) is 0 Å². The van der Waals surface area contributed by atoms with E-state index in [4.69, 9.17) is 4.74 Å². The number of fused-ring (bicyclic) bond motifs is 7. The summed E-state index contributed by atoms with van der Waals surface area (Å²) >= 11 is 0. The predicted octanol–water partition coefficient (Wildman–Crippen LogP) is 7.88. The fourth-order valence-electron chi connectivity index (χ4n) is 11.5. The van der Waals surface area contributed by atoms with E-state index in [9.17, 15) is 14.7 Å². The highest BCUT2D eigenvalue weighted by molar-refractivity contribution is 6.00. The molecule has 1 amide bonds. The Hall–Kier alpha value is -2.32. The average molecular weight is 576 g/mol. The van der Waals surface area contributed by atoms with Gasteiger partial charge in [0.25, 0.3) is 0 Å². The van der Waals surface area contributed by atoms with Crippen molar-refractivity contribution in [1.82, 2.24) is 0 Å². The molecular weight excluding hydrogens is 522 g/mol. The van der Waals surface area contributed by atoms with Crippen LogP contribution in [0.2, 0.25) is 0 Å². The third-order valence-corrected chi connectivity index (χ3v) is 13.2. The number of nitrogens with one attached hydrogen (secondary N) is 1. The molecule has 5 fully saturated rings. The highest BCUT2D eigenvalue weighted by Crippen LogP contribution is 2.71. The summed E-state index contributed by atoms with van der Waals surface area (Å²) in [5.74, 6) is 5.73. The molecule has 10 unspecified atom stereocenters. The number of para-hydroxylation sites is 1. The number of aliphatic hydroxyl groups is 1. The molecule has 1 aromatic rings. The fourth-order valence-corrected chi connectivity index (χ4v) is 11.5. The first kappa shape index (κ1) is 31.1. The second-order valence-corrected chi connectivity index (χ2v) is 15.0. The Kier molecular flexibility index (Phi) is 8.88. The summed E-state index contributed by atoms with van der Waals surface area (Å²) in [6.45, 7) is 11.2. The zero-order valence-corrected chi connectivity index (χ0v) is 26.6. The average Bonchev–Trinajstić information content (AvgIpc) is 3.39. The Bertz CT molecular complexity index is 1200. The van der Waals surface area contributed by atoms with Crippen molar-refractivity contribution in [3.63, 3.8) is 0 Å². The van der Waals surface area contributed by atoms with Gasteiger partial charge in [0.2, 0.25) is 5.91 Å². The van der Waals surface area contributed by atoms with Crippen molar-refractivity contribution < 1.29 is 19.4 Å². The SMILES string of the molecule is C#CC.CC(=O)Nc1ccccc1C(=O)OCC12CCCC1C1CCC3C4(C)CCC(O)C(C)C4CCC3(C)C1CC2. The van der Waals surface area contributed by atoms with Gasteiger partial charge < -0.3 is 15.2 Å². The maximum atomic E-state index is 13.2. The zero-order chi connectivity index (χ0) is 30.3. The lowest BCUT2D eigenvalue weighted by atomic mass is 9.37. The molecule has 5 saturated carbocycles. The summed E-state index contributed by atoms with van der Waals surface area (Å²) in [5, 5.41) is 13.5. The molecule has 0 aromatic heterocycles. The van der Waals surface area contributed by atoms with Gasteiger partial charge in [0.15, 0.2) is 0 Å². The van der Waals surface area contributed by atoms with Crippen molar-refractivity contribution >= 4 is 17.6 Å². The van der Waals surface area contributed by atoms with Crippen LogP contribution in [0.15, 0.2) is 24.3 Å². The number of benzene rings is 1. The molecule has 0 spiro atoms. The molecule has 6 rings (SSSR count). The first-order valence-corrected chi connectivity index (χ1v) is 16.6. The summed E-state index contributed by atoms with van der Waals surface area (Å²) in [6, 6.07) is 7.17. The van der Waals surface area contributed by atoms with E-state index in [1.807, 2.05) is 12.1 Å². The van der Waals surface area contributed by atoms with E-state index >= 15 is 0 Å². The minimum Gasteiger partial charge on any atom is -0.461 e. The van der Waals surface area contributed by atoms with Gasteiger partial charge in [0.1, 0.15) is 0 Å². The van der Waals surface area contributed by atoms with Gasteiger partial charge in [-0.1, -0.05) is 39.3 Å². The second kappa shape index (κ2) is 12.0. The minimum absolute atomic E-state index is 0.105. The number of terminal acetylenes is 1. The maximum absolute atomic E-state index is 13.2. The van der Waals surface area contributed by atoms with E-state index in [1.54, 1.807) is 19.1 Å². The molecule has 0 saturated heterocycles. The summed E-state index contributed by atoms with van der Waals surface area (Å²) in [4.78, 5) is 24.9. The van der Waals surface area contributed by atoms with Gasteiger partial charge in [0, 0.05) is 12.3 Å². The van der Waals surface area contributed by atoms with Crippen LogP contribution in [0.3, 0.4) is 0 Å². The number of hydrogen-bond donors (Lipinski definition) is 2. The van der Waals surface area contributed by atoms with Gasteiger partial charge in [-0.2, -0.15) is 0 Å². The molecule has 2 N–H and O–H groups in total. The number of ether oxygens (including phenoxy) is 1. The highest BCUT2D eigenvalue weighted by atomic mass is 16.5. The summed E-state index contributed by atoms with van der Waals surface area (Å²) < 4.78 is 6.10. The Balaban J connectivity index is 0.00000113. The van der Waals surface area contributed by atoms with Crippen LogP contribution in [0.25, 0.3) is 0 Å². The van der Waals surface area contributed by atoms with Crippen molar-refractivity contribution in [2.45, 2.75) is 111 Å². The van der Waals surface area contributed by atoms with Gasteiger partial charge in [-0.15, -0.1) is 12.3 Å². The maximum Gasteiger partial charge on any atom is 0.340 e. The molecule has 0 radical (unpaired) electrons. The fraction of sp³-hybridized carbons (Fsp3) is 0.730. The lowest BCUT2D eigenvalue weighted by molar-refractivity contribution is -0.197. The normalized spacial score (nSPS) is 41.8. The first-order valence-electron chi connectivity index (χ1n) is 16.6. The molecule has 1 aromatic carbocycles. The van der Waals surface area contributed by atoms with E-state index in [2.05, 4.69) is 38.4 Å². The van der Waals surface area contributed by atoms with Crippen molar-refractivity contribution in [3.05, 3.63) is 29.8 Å². The molecule has 5 aliphatic carbocycles. The van der Waals surface area contributed by atoms with E-state index < -0.39 is 0 Å². The lowest BCUT2D eigenvalue weighted by Crippen LogP contribution is -2.61. The molecule has 0 heterocycles. The standard InChI is InChI=1S/C34H49NO4.C3H4/c1-21-25-13-17-33(4)26-14-19-34(20-39-31(38)24-8-5-6-10-28(24)35-22(2)36)16-7-9-27(34)23(26)11-12-30(33)32(25,3)18-15-29(21)37;1-3-2/h5-6,8,10,21,23,25-27,29-30,37H,7,9,11-20H2,1-4H3,(H,35,36);1H,2H3. The molecular formula is C37H53NO4.